The molecule has 3 nitrogen and oxygen atoms in total. The SMILES string of the molecule is CCCCc1ccc2c(c1)c1cc(CCCC)cc3c1n2-c1ccccc1B3n1c2ccccc2c2ccc3c4ccccc4oc3c21. The summed E-state index contributed by atoms with van der Waals surface area (Å²) in [5.41, 5.74) is 13.8. The predicted molar refractivity (Wildman–Crippen MR) is 205 cm³/mol. The van der Waals surface area contributed by atoms with E-state index in [4.69, 9.17) is 4.42 Å². The molecule has 4 heterocycles. The summed E-state index contributed by atoms with van der Waals surface area (Å²) in [6.45, 7) is 4.55. The zero-order valence-corrected chi connectivity index (χ0v) is 27.6. The Labute approximate surface area is 280 Å². The maximum absolute atomic E-state index is 6.80. The summed E-state index contributed by atoms with van der Waals surface area (Å²) in [5.74, 6) is 0. The molecule has 10 rings (SSSR count). The Morgan fingerprint density at radius 2 is 1.27 bits per heavy atom. The minimum Gasteiger partial charge on any atom is -0.454 e. The van der Waals surface area contributed by atoms with Crippen LogP contribution in [0.4, 0.5) is 0 Å². The Morgan fingerprint density at radius 1 is 0.542 bits per heavy atom. The lowest BCUT2D eigenvalue weighted by Gasteiger charge is -2.29. The fourth-order valence-electron chi connectivity index (χ4n) is 8.71. The second-order valence-corrected chi connectivity index (χ2v) is 13.8. The highest BCUT2D eigenvalue weighted by molar-refractivity contribution is 6.88. The van der Waals surface area contributed by atoms with Gasteiger partial charge in [0.25, 0.3) is 0 Å². The number of hydrogen-bond acceptors (Lipinski definition) is 1. The summed E-state index contributed by atoms with van der Waals surface area (Å²) in [6, 6.07) is 43.3. The van der Waals surface area contributed by atoms with Crippen molar-refractivity contribution in [2.45, 2.75) is 52.4 Å². The molecular formula is C44H37BN2O. The lowest BCUT2D eigenvalue weighted by Crippen LogP contribution is -2.53. The van der Waals surface area contributed by atoms with Crippen LogP contribution in [0.1, 0.15) is 50.7 Å². The quantitative estimate of drug-likeness (QED) is 0.163. The summed E-state index contributed by atoms with van der Waals surface area (Å²) in [4.78, 5) is 0. The first kappa shape index (κ1) is 27.9. The Morgan fingerprint density at radius 3 is 2.15 bits per heavy atom. The molecule has 0 spiro atoms. The molecule has 48 heavy (non-hydrogen) atoms. The normalized spacial score (nSPS) is 12.8. The summed E-state index contributed by atoms with van der Waals surface area (Å²) in [5, 5.41) is 7.58. The second kappa shape index (κ2) is 10.7. The van der Waals surface area contributed by atoms with Crippen LogP contribution >= 0.6 is 0 Å². The van der Waals surface area contributed by atoms with E-state index in [0.717, 1.165) is 24.0 Å². The van der Waals surface area contributed by atoms with Gasteiger partial charge in [-0.1, -0.05) is 99.5 Å². The topological polar surface area (TPSA) is 23.0 Å². The molecule has 4 heteroatoms. The largest absolute Gasteiger partial charge is 0.454 e. The molecule has 3 aromatic heterocycles. The minimum absolute atomic E-state index is 0.0251. The molecule has 1 aliphatic rings. The summed E-state index contributed by atoms with van der Waals surface area (Å²) in [7, 11) is 0. The van der Waals surface area contributed by atoms with Crippen LogP contribution in [-0.2, 0) is 12.8 Å². The van der Waals surface area contributed by atoms with E-state index in [-0.39, 0.29) is 6.85 Å². The number of furan rings is 1. The van der Waals surface area contributed by atoms with E-state index in [1.807, 2.05) is 0 Å². The third-order valence-corrected chi connectivity index (χ3v) is 10.9. The Kier molecular flexibility index (Phi) is 6.18. The number of aromatic nitrogens is 2. The van der Waals surface area contributed by atoms with Gasteiger partial charge in [-0.25, -0.2) is 0 Å². The number of unbranched alkanes of at least 4 members (excludes halogenated alkanes) is 2. The highest BCUT2D eigenvalue weighted by Gasteiger charge is 2.37. The van der Waals surface area contributed by atoms with Gasteiger partial charge in [-0.2, -0.15) is 0 Å². The first-order valence-electron chi connectivity index (χ1n) is 17.8. The van der Waals surface area contributed by atoms with Crippen molar-refractivity contribution in [3.8, 4) is 5.69 Å². The zero-order chi connectivity index (χ0) is 31.9. The minimum atomic E-state index is -0.0251. The fourth-order valence-corrected chi connectivity index (χ4v) is 8.71. The van der Waals surface area contributed by atoms with E-state index in [1.54, 1.807) is 0 Å². The molecule has 0 saturated heterocycles. The van der Waals surface area contributed by atoms with Crippen molar-refractivity contribution in [1.82, 2.24) is 9.05 Å². The number of para-hydroxylation sites is 3. The van der Waals surface area contributed by atoms with Crippen molar-refractivity contribution in [3.63, 3.8) is 0 Å². The molecule has 0 bridgehead atoms. The van der Waals surface area contributed by atoms with Crippen molar-refractivity contribution >= 4 is 83.3 Å². The molecule has 1 aliphatic heterocycles. The fraction of sp³-hybridized carbons (Fsp3) is 0.182. The van der Waals surface area contributed by atoms with Gasteiger partial charge in [-0.05, 0) is 90.2 Å². The lowest BCUT2D eigenvalue weighted by molar-refractivity contribution is 0.671. The van der Waals surface area contributed by atoms with Crippen LogP contribution in [0.5, 0.6) is 0 Å². The molecule has 0 fully saturated rings. The van der Waals surface area contributed by atoms with E-state index >= 15 is 0 Å². The van der Waals surface area contributed by atoms with Crippen LogP contribution in [-0.4, -0.2) is 15.9 Å². The maximum Gasteiger partial charge on any atom is 0.332 e. The van der Waals surface area contributed by atoms with Gasteiger partial charge in [0.2, 0.25) is 0 Å². The lowest BCUT2D eigenvalue weighted by atomic mass is 9.48. The molecular weight excluding hydrogens is 583 g/mol. The van der Waals surface area contributed by atoms with Gasteiger partial charge in [0.15, 0.2) is 5.58 Å². The molecule has 0 atom stereocenters. The van der Waals surface area contributed by atoms with Crippen molar-refractivity contribution in [1.29, 1.82) is 0 Å². The molecule has 0 saturated carbocycles. The Bertz CT molecular complexity index is 2720. The third kappa shape index (κ3) is 3.83. The van der Waals surface area contributed by atoms with Crippen LogP contribution in [0.3, 0.4) is 0 Å². The molecule has 0 N–H and O–H groups in total. The van der Waals surface area contributed by atoms with E-state index < -0.39 is 0 Å². The van der Waals surface area contributed by atoms with E-state index in [2.05, 4.69) is 138 Å². The standard InChI is InChI=1S/C44H37BN2O/c1-3-5-13-28-21-24-38-34(25-28)35-26-29(14-6-4-2)27-37-42(35)46(38)40-19-11-9-17-36(40)45(37)47-39-18-10-7-15-30(39)32-22-23-33-31-16-8-12-20-41(31)48-44(33)43(32)47/h7-12,15-27H,3-6,13-14H2,1-2H3. The highest BCUT2D eigenvalue weighted by Crippen LogP contribution is 2.41. The van der Waals surface area contributed by atoms with Crippen molar-refractivity contribution in [2.24, 2.45) is 0 Å². The third-order valence-electron chi connectivity index (χ3n) is 10.9. The molecule has 9 aromatic rings. The van der Waals surface area contributed by atoms with Crippen LogP contribution in [0.2, 0.25) is 0 Å². The van der Waals surface area contributed by atoms with Gasteiger partial charge in [-0.15, -0.1) is 0 Å². The second-order valence-electron chi connectivity index (χ2n) is 13.8. The predicted octanol–water partition coefficient (Wildman–Crippen LogP) is 10.4. The monoisotopic (exact) mass is 620 g/mol. The average molecular weight is 621 g/mol. The van der Waals surface area contributed by atoms with Gasteiger partial charge in [0, 0.05) is 43.5 Å². The van der Waals surface area contributed by atoms with Crippen LogP contribution in [0, 0.1) is 0 Å². The molecule has 232 valence electrons. The summed E-state index contributed by atoms with van der Waals surface area (Å²) >= 11 is 0. The molecule has 0 unspecified atom stereocenters. The van der Waals surface area contributed by atoms with Gasteiger partial charge < -0.3 is 13.5 Å². The number of benzene rings is 6. The van der Waals surface area contributed by atoms with Crippen molar-refractivity contribution in [3.05, 3.63) is 126 Å². The van der Waals surface area contributed by atoms with Gasteiger partial charge >= 0.3 is 6.85 Å². The van der Waals surface area contributed by atoms with Crippen LogP contribution in [0.15, 0.2) is 120 Å². The molecule has 0 amide bonds. The van der Waals surface area contributed by atoms with E-state index in [9.17, 15) is 0 Å². The van der Waals surface area contributed by atoms with Gasteiger partial charge in [0.1, 0.15) is 5.58 Å². The smallest absolute Gasteiger partial charge is 0.332 e. The van der Waals surface area contributed by atoms with Crippen LogP contribution in [0.25, 0.3) is 71.2 Å². The molecule has 0 aliphatic carbocycles. The van der Waals surface area contributed by atoms with E-state index in [1.165, 1.54) is 108 Å². The molecule has 6 aromatic carbocycles. The number of aryl methyl sites for hydroxylation is 2. The van der Waals surface area contributed by atoms with Gasteiger partial charge in [0.05, 0.1) is 16.6 Å². The van der Waals surface area contributed by atoms with E-state index in [0.29, 0.717) is 0 Å². The van der Waals surface area contributed by atoms with Crippen molar-refractivity contribution in [2.75, 3.05) is 0 Å². The summed E-state index contributed by atoms with van der Waals surface area (Å²) < 4.78 is 12.0. The maximum atomic E-state index is 6.80. The van der Waals surface area contributed by atoms with Crippen molar-refractivity contribution < 1.29 is 4.42 Å². The average Bonchev–Trinajstić information content (AvgIpc) is 3.78. The Balaban J connectivity index is 1.37. The zero-order valence-electron chi connectivity index (χ0n) is 27.6. The number of hydrogen-bond donors (Lipinski definition) is 0. The number of rotatable bonds is 7. The molecule has 0 radical (unpaired) electrons. The first-order valence-corrected chi connectivity index (χ1v) is 17.8. The number of nitrogens with zero attached hydrogens (tertiary/aromatic N) is 2. The van der Waals surface area contributed by atoms with Gasteiger partial charge in [-0.3, -0.25) is 0 Å². The highest BCUT2D eigenvalue weighted by atomic mass is 16.3. The Hall–Kier alpha value is -5.22. The first-order chi connectivity index (χ1) is 23.7. The number of fused-ring (bicyclic) bond motifs is 12. The summed E-state index contributed by atoms with van der Waals surface area (Å²) in [6.07, 6.45) is 6.98. The van der Waals surface area contributed by atoms with Crippen LogP contribution < -0.4 is 10.9 Å².